The average molecular weight is 211 g/mol. The minimum absolute atomic E-state index is 0.0134. The molecule has 0 fully saturated rings. The van der Waals surface area contributed by atoms with Crippen molar-refractivity contribution in [3.05, 3.63) is 18.0 Å². The standard InChI is InChI=1S/C11H21N3O/c1-8-5-13-14(6-8)9(7-15)10(12)11(2,3)4/h5-6,9-10,15H,7,12H2,1-4H3. The number of aromatic nitrogens is 2. The molecule has 1 heterocycles. The highest BCUT2D eigenvalue weighted by molar-refractivity contribution is 5.02. The van der Waals surface area contributed by atoms with E-state index in [9.17, 15) is 5.11 Å². The van der Waals surface area contributed by atoms with Gasteiger partial charge in [-0.15, -0.1) is 0 Å². The Morgan fingerprint density at radius 2 is 2.13 bits per heavy atom. The first-order chi connectivity index (χ1) is 6.86. The minimum Gasteiger partial charge on any atom is -0.394 e. The van der Waals surface area contributed by atoms with Crippen molar-refractivity contribution >= 4 is 0 Å². The number of rotatable bonds is 3. The van der Waals surface area contributed by atoms with Crippen molar-refractivity contribution in [2.24, 2.45) is 11.1 Å². The molecule has 0 aromatic carbocycles. The first kappa shape index (κ1) is 12.2. The zero-order chi connectivity index (χ0) is 11.6. The van der Waals surface area contributed by atoms with Gasteiger partial charge in [0.15, 0.2) is 0 Å². The zero-order valence-electron chi connectivity index (χ0n) is 9.94. The molecule has 0 aliphatic carbocycles. The smallest absolute Gasteiger partial charge is 0.0905 e. The molecule has 0 bridgehead atoms. The molecule has 0 amide bonds. The molecule has 3 N–H and O–H groups in total. The summed E-state index contributed by atoms with van der Waals surface area (Å²) in [6, 6.07) is -0.277. The van der Waals surface area contributed by atoms with Crippen LogP contribution >= 0.6 is 0 Å². The first-order valence-corrected chi connectivity index (χ1v) is 5.23. The fourth-order valence-corrected chi connectivity index (χ4v) is 1.55. The maximum absolute atomic E-state index is 9.38. The SMILES string of the molecule is Cc1cnn(C(CO)C(N)C(C)(C)C)c1. The molecule has 4 heteroatoms. The van der Waals surface area contributed by atoms with Gasteiger partial charge < -0.3 is 10.8 Å². The van der Waals surface area contributed by atoms with E-state index in [0.717, 1.165) is 5.56 Å². The second kappa shape index (κ2) is 4.33. The van der Waals surface area contributed by atoms with Gasteiger partial charge >= 0.3 is 0 Å². The van der Waals surface area contributed by atoms with E-state index in [4.69, 9.17) is 5.73 Å². The van der Waals surface area contributed by atoms with Crippen LogP contribution in [0.3, 0.4) is 0 Å². The molecular weight excluding hydrogens is 190 g/mol. The van der Waals surface area contributed by atoms with Gasteiger partial charge in [-0.05, 0) is 17.9 Å². The summed E-state index contributed by atoms with van der Waals surface area (Å²) in [6.07, 6.45) is 3.69. The third-order valence-corrected chi connectivity index (χ3v) is 2.67. The van der Waals surface area contributed by atoms with Gasteiger partial charge in [0.2, 0.25) is 0 Å². The van der Waals surface area contributed by atoms with E-state index in [-0.39, 0.29) is 24.1 Å². The van der Waals surface area contributed by atoms with E-state index in [2.05, 4.69) is 25.9 Å². The van der Waals surface area contributed by atoms with Crippen LogP contribution in [0.1, 0.15) is 32.4 Å². The summed E-state index contributed by atoms with van der Waals surface area (Å²) in [6.45, 7) is 8.18. The quantitative estimate of drug-likeness (QED) is 0.787. The highest BCUT2D eigenvalue weighted by atomic mass is 16.3. The Labute approximate surface area is 91.1 Å². The summed E-state index contributed by atoms with van der Waals surface area (Å²) in [4.78, 5) is 0. The van der Waals surface area contributed by atoms with Crippen LogP contribution in [-0.2, 0) is 0 Å². The average Bonchev–Trinajstić information content (AvgIpc) is 2.51. The molecule has 86 valence electrons. The Hall–Kier alpha value is -0.870. The molecule has 0 radical (unpaired) electrons. The van der Waals surface area contributed by atoms with Gasteiger partial charge in [0.25, 0.3) is 0 Å². The van der Waals surface area contributed by atoms with Crippen molar-refractivity contribution in [1.29, 1.82) is 0 Å². The van der Waals surface area contributed by atoms with Crippen molar-refractivity contribution < 1.29 is 5.11 Å². The van der Waals surface area contributed by atoms with Crippen molar-refractivity contribution in [2.45, 2.75) is 39.8 Å². The number of aryl methyl sites for hydroxylation is 1. The fraction of sp³-hybridized carbons (Fsp3) is 0.727. The number of nitrogens with two attached hydrogens (primary N) is 1. The summed E-state index contributed by atoms with van der Waals surface area (Å²) in [7, 11) is 0. The summed E-state index contributed by atoms with van der Waals surface area (Å²) >= 11 is 0. The Morgan fingerprint density at radius 1 is 1.53 bits per heavy atom. The van der Waals surface area contributed by atoms with Crippen LogP contribution in [-0.4, -0.2) is 27.5 Å². The van der Waals surface area contributed by atoms with Gasteiger partial charge in [-0.3, -0.25) is 4.68 Å². The van der Waals surface area contributed by atoms with Gasteiger partial charge in [0.1, 0.15) is 0 Å². The maximum Gasteiger partial charge on any atom is 0.0905 e. The van der Waals surface area contributed by atoms with Gasteiger partial charge in [-0.25, -0.2) is 0 Å². The molecule has 0 aliphatic rings. The molecule has 1 aromatic heterocycles. The molecule has 0 aliphatic heterocycles. The van der Waals surface area contributed by atoms with Crippen LogP contribution in [0.2, 0.25) is 0 Å². The Morgan fingerprint density at radius 3 is 2.47 bits per heavy atom. The predicted molar refractivity (Wildman–Crippen MR) is 60.5 cm³/mol. The molecule has 2 atom stereocenters. The van der Waals surface area contributed by atoms with Crippen LogP contribution in [0.4, 0.5) is 0 Å². The fourth-order valence-electron chi connectivity index (χ4n) is 1.55. The lowest BCUT2D eigenvalue weighted by Crippen LogP contribution is -2.44. The van der Waals surface area contributed by atoms with E-state index in [0.29, 0.717) is 0 Å². The van der Waals surface area contributed by atoms with Crippen LogP contribution in [0.5, 0.6) is 0 Å². The number of nitrogens with zero attached hydrogens (tertiary/aromatic N) is 2. The summed E-state index contributed by atoms with van der Waals surface area (Å²) in [5.74, 6) is 0. The van der Waals surface area contributed by atoms with Gasteiger partial charge in [0.05, 0.1) is 18.8 Å². The number of hydrogen-bond donors (Lipinski definition) is 2. The van der Waals surface area contributed by atoms with E-state index < -0.39 is 0 Å². The Bertz CT molecular complexity index is 314. The lowest BCUT2D eigenvalue weighted by atomic mass is 9.83. The summed E-state index contributed by atoms with van der Waals surface area (Å²) in [5, 5.41) is 13.6. The van der Waals surface area contributed by atoms with E-state index in [1.165, 1.54) is 0 Å². The molecule has 0 saturated carbocycles. The highest BCUT2D eigenvalue weighted by Crippen LogP contribution is 2.26. The summed E-state index contributed by atoms with van der Waals surface area (Å²) in [5.41, 5.74) is 7.16. The van der Waals surface area contributed by atoms with E-state index >= 15 is 0 Å². The third-order valence-electron chi connectivity index (χ3n) is 2.67. The van der Waals surface area contributed by atoms with Crippen molar-refractivity contribution in [3.8, 4) is 0 Å². The number of aliphatic hydroxyl groups is 1. The molecule has 2 unspecified atom stereocenters. The van der Waals surface area contributed by atoms with Crippen LogP contribution in [0.25, 0.3) is 0 Å². The Balaban J connectivity index is 2.89. The lowest BCUT2D eigenvalue weighted by molar-refractivity contribution is 0.145. The summed E-state index contributed by atoms with van der Waals surface area (Å²) < 4.78 is 1.76. The maximum atomic E-state index is 9.38. The minimum atomic E-state index is -0.154. The van der Waals surface area contributed by atoms with Gasteiger partial charge in [-0.2, -0.15) is 5.10 Å². The van der Waals surface area contributed by atoms with Gasteiger partial charge in [-0.1, -0.05) is 20.8 Å². The number of hydrogen-bond acceptors (Lipinski definition) is 3. The molecule has 4 nitrogen and oxygen atoms in total. The molecule has 0 spiro atoms. The first-order valence-electron chi connectivity index (χ1n) is 5.23. The lowest BCUT2D eigenvalue weighted by Gasteiger charge is -2.33. The number of aliphatic hydroxyl groups excluding tert-OH is 1. The highest BCUT2D eigenvalue weighted by Gasteiger charge is 2.30. The third kappa shape index (κ3) is 2.79. The normalized spacial score (nSPS) is 16.4. The van der Waals surface area contributed by atoms with E-state index in [1.807, 2.05) is 13.1 Å². The topological polar surface area (TPSA) is 64.1 Å². The Kier molecular flexibility index (Phi) is 3.52. The van der Waals surface area contributed by atoms with Gasteiger partial charge in [0, 0.05) is 12.2 Å². The molecular formula is C11H21N3O. The van der Waals surface area contributed by atoms with Crippen LogP contribution < -0.4 is 5.73 Å². The van der Waals surface area contributed by atoms with Crippen LogP contribution in [0.15, 0.2) is 12.4 Å². The predicted octanol–water partition coefficient (Wildman–Crippen LogP) is 1.10. The van der Waals surface area contributed by atoms with E-state index in [1.54, 1.807) is 10.9 Å². The molecule has 15 heavy (non-hydrogen) atoms. The largest absolute Gasteiger partial charge is 0.394 e. The van der Waals surface area contributed by atoms with Crippen molar-refractivity contribution in [1.82, 2.24) is 9.78 Å². The van der Waals surface area contributed by atoms with Crippen LogP contribution in [0, 0.1) is 12.3 Å². The van der Waals surface area contributed by atoms with Crippen molar-refractivity contribution in [2.75, 3.05) is 6.61 Å². The molecule has 1 aromatic rings. The molecule has 1 rings (SSSR count). The second-order valence-corrected chi connectivity index (χ2v) is 5.14. The van der Waals surface area contributed by atoms with Crippen molar-refractivity contribution in [3.63, 3.8) is 0 Å². The second-order valence-electron chi connectivity index (χ2n) is 5.14. The zero-order valence-corrected chi connectivity index (χ0v) is 9.94. The monoisotopic (exact) mass is 211 g/mol. The molecule has 0 saturated heterocycles.